The minimum absolute atomic E-state index is 0.0527. The van der Waals surface area contributed by atoms with Crippen molar-refractivity contribution in [3.63, 3.8) is 0 Å². The number of benzene rings is 2. The van der Waals surface area contributed by atoms with Crippen molar-refractivity contribution >= 4 is 27.5 Å². The second kappa shape index (κ2) is 12.8. The molecule has 0 bridgehead atoms. The average molecular weight is 518 g/mol. The summed E-state index contributed by atoms with van der Waals surface area (Å²) in [6.45, 7) is 9.17. The summed E-state index contributed by atoms with van der Waals surface area (Å²) < 4.78 is 32.0. The van der Waals surface area contributed by atoms with Crippen molar-refractivity contribution in [3.05, 3.63) is 59.2 Å². The maximum absolute atomic E-state index is 13.8. The zero-order valence-corrected chi connectivity index (χ0v) is 23.2. The van der Waals surface area contributed by atoms with Gasteiger partial charge in [-0.05, 0) is 62.9 Å². The minimum Gasteiger partial charge on any atom is -0.497 e. The van der Waals surface area contributed by atoms with Crippen molar-refractivity contribution in [3.8, 4) is 5.75 Å². The normalized spacial score (nSPS) is 13.0. The van der Waals surface area contributed by atoms with Gasteiger partial charge in [-0.25, -0.2) is 8.42 Å². The van der Waals surface area contributed by atoms with E-state index in [1.807, 2.05) is 58.9 Å². The summed E-state index contributed by atoms with van der Waals surface area (Å²) in [5.74, 6) is -0.0973. The molecule has 0 unspecified atom stereocenters. The smallest absolute Gasteiger partial charge is 0.244 e. The topological polar surface area (TPSA) is 96.0 Å². The number of nitrogens with zero attached hydrogens (tertiary/aromatic N) is 2. The van der Waals surface area contributed by atoms with E-state index < -0.39 is 28.5 Å². The van der Waals surface area contributed by atoms with Crippen molar-refractivity contribution in [2.45, 2.75) is 66.1 Å². The van der Waals surface area contributed by atoms with Crippen LogP contribution in [0.25, 0.3) is 0 Å². The molecule has 0 heterocycles. The van der Waals surface area contributed by atoms with Crippen LogP contribution in [0.1, 0.15) is 50.3 Å². The zero-order valence-electron chi connectivity index (χ0n) is 22.4. The molecular weight excluding hydrogens is 478 g/mol. The van der Waals surface area contributed by atoms with Crippen molar-refractivity contribution in [2.24, 2.45) is 0 Å². The molecule has 0 saturated carbocycles. The molecular formula is C27H39N3O5S. The molecule has 2 aromatic rings. The van der Waals surface area contributed by atoms with Crippen molar-refractivity contribution in [1.82, 2.24) is 10.2 Å². The monoisotopic (exact) mass is 517 g/mol. The molecule has 0 aliphatic carbocycles. The molecule has 0 aliphatic heterocycles. The number of ether oxygens (including phenoxy) is 1. The molecule has 1 N–H and O–H groups in total. The van der Waals surface area contributed by atoms with Crippen LogP contribution in [-0.4, -0.2) is 57.1 Å². The molecule has 2 aromatic carbocycles. The fourth-order valence-electron chi connectivity index (χ4n) is 4.01. The molecule has 0 radical (unpaired) electrons. The quantitative estimate of drug-likeness (QED) is 0.462. The third-order valence-corrected chi connectivity index (χ3v) is 7.30. The van der Waals surface area contributed by atoms with Crippen LogP contribution in [-0.2, 0) is 26.2 Å². The van der Waals surface area contributed by atoms with Gasteiger partial charge in [0.1, 0.15) is 18.3 Å². The number of methoxy groups -OCH3 is 1. The van der Waals surface area contributed by atoms with Gasteiger partial charge in [0.15, 0.2) is 0 Å². The van der Waals surface area contributed by atoms with E-state index in [1.54, 1.807) is 25.3 Å². The number of hydrogen-bond acceptors (Lipinski definition) is 5. The summed E-state index contributed by atoms with van der Waals surface area (Å²) in [6, 6.07) is 11.8. The molecule has 0 aliphatic rings. The van der Waals surface area contributed by atoms with E-state index in [4.69, 9.17) is 4.74 Å². The molecule has 0 spiro atoms. The Hall–Kier alpha value is -3.07. The highest BCUT2D eigenvalue weighted by molar-refractivity contribution is 7.92. The first-order valence-electron chi connectivity index (χ1n) is 12.2. The Morgan fingerprint density at radius 2 is 1.75 bits per heavy atom. The Labute approximate surface area is 215 Å². The van der Waals surface area contributed by atoms with E-state index >= 15 is 0 Å². The van der Waals surface area contributed by atoms with Crippen LogP contribution in [0.5, 0.6) is 5.75 Å². The lowest BCUT2D eigenvalue weighted by Crippen LogP contribution is -2.53. The predicted molar refractivity (Wildman–Crippen MR) is 144 cm³/mol. The van der Waals surface area contributed by atoms with E-state index in [-0.39, 0.29) is 18.5 Å². The summed E-state index contributed by atoms with van der Waals surface area (Å²) in [5.41, 5.74) is 2.95. The predicted octanol–water partition coefficient (Wildman–Crippen LogP) is 3.80. The van der Waals surface area contributed by atoms with Crippen LogP contribution >= 0.6 is 0 Å². The highest BCUT2D eigenvalue weighted by Crippen LogP contribution is 2.25. The van der Waals surface area contributed by atoms with Gasteiger partial charge < -0.3 is 15.0 Å². The maximum Gasteiger partial charge on any atom is 0.244 e. The third-order valence-electron chi connectivity index (χ3n) is 6.17. The summed E-state index contributed by atoms with van der Waals surface area (Å²) >= 11 is 0. The first-order valence-corrected chi connectivity index (χ1v) is 14.0. The number of carbonyl (C=O) groups excluding carboxylic acids is 2. The number of aryl methyl sites for hydroxylation is 2. The molecule has 198 valence electrons. The van der Waals surface area contributed by atoms with Crippen LogP contribution in [0.2, 0.25) is 0 Å². The second-order valence-electron chi connectivity index (χ2n) is 9.17. The lowest BCUT2D eigenvalue weighted by Gasteiger charge is -2.33. The Morgan fingerprint density at radius 1 is 1.06 bits per heavy atom. The van der Waals surface area contributed by atoms with Gasteiger partial charge in [0.25, 0.3) is 0 Å². The van der Waals surface area contributed by atoms with E-state index in [0.717, 1.165) is 33.7 Å². The number of rotatable bonds is 12. The lowest BCUT2D eigenvalue weighted by atomic mass is 10.1. The zero-order chi connectivity index (χ0) is 27.0. The van der Waals surface area contributed by atoms with E-state index in [2.05, 4.69) is 5.32 Å². The number of amides is 2. The largest absolute Gasteiger partial charge is 0.497 e. The van der Waals surface area contributed by atoms with E-state index in [0.29, 0.717) is 17.9 Å². The van der Waals surface area contributed by atoms with E-state index in [9.17, 15) is 18.0 Å². The second-order valence-corrected chi connectivity index (χ2v) is 11.1. The van der Waals surface area contributed by atoms with Crippen LogP contribution in [0.3, 0.4) is 0 Å². The van der Waals surface area contributed by atoms with Crippen molar-refractivity contribution in [1.29, 1.82) is 0 Å². The van der Waals surface area contributed by atoms with Crippen molar-refractivity contribution < 1.29 is 22.7 Å². The molecule has 0 aromatic heterocycles. The highest BCUT2D eigenvalue weighted by atomic mass is 32.2. The van der Waals surface area contributed by atoms with Gasteiger partial charge in [0.05, 0.1) is 19.1 Å². The highest BCUT2D eigenvalue weighted by Gasteiger charge is 2.32. The fourth-order valence-corrected chi connectivity index (χ4v) is 4.92. The maximum atomic E-state index is 13.8. The van der Waals surface area contributed by atoms with Gasteiger partial charge in [-0.2, -0.15) is 0 Å². The average Bonchev–Trinajstić information content (AvgIpc) is 2.82. The van der Waals surface area contributed by atoms with Crippen LogP contribution in [0.4, 0.5) is 5.69 Å². The Morgan fingerprint density at radius 3 is 2.31 bits per heavy atom. The number of nitrogens with one attached hydrogen (secondary N) is 1. The number of carbonyl (C=O) groups is 2. The molecule has 2 rings (SSSR count). The molecule has 9 heteroatoms. The third kappa shape index (κ3) is 7.71. The summed E-state index contributed by atoms with van der Waals surface area (Å²) in [7, 11) is -2.22. The van der Waals surface area contributed by atoms with Gasteiger partial charge >= 0.3 is 0 Å². The van der Waals surface area contributed by atoms with Gasteiger partial charge in [-0.1, -0.05) is 43.7 Å². The van der Waals surface area contributed by atoms with Gasteiger partial charge in [0, 0.05) is 12.6 Å². The first kappa shape index (κ1) is 29.2. The summed E-state index contributed by atoms with van der Waals surface area (Å²) in [4.78, 5) is 28.4. The molecule has 8 nitrogen and oxygen atoms in total. The van der Waals surface area contributed by atoms with E-state index in [1.165, 1.54) is 4.90 Å². The molecule has 0 fully saturated rings. The Kier molecular flexibility index (Phi) is 10.3. The molecule has 36 heavy (non-hydrogen) atoms. The summed E-state index contributed by atoms with van der Waals surface area (Å²) in [6.07, 6.45) is 2.21. The molecule has 2 atom stereocenters. The number of hydrogen-bond donors (Lipinski definition) is 1. The van der Waals surface area contributed by atoms with Crippen LogP contribution in [0, 0.1) is 13.8 Å². The van der Waals surface area contributed by atoms with Crippen LogP contribution in [0.15, 0.2) is 42.5 Å². The Balaban J connectivity index is 2.49. The first-order chi connectivity index (χ1) is 16.9. The van der Waals surface area contributed by atoms with Gasteiger partial charge in [-0.3, -0.25) is 13.9 Å². The Bertz CT molecular complexity index is 1170. The fraction of sp³-hybridized carbons (Fsp3) is 0.481. The number of sulfonamides is 1. The SMILES string of the molecule is CC[C@@H](C)NC(=O)[C@H](CC)N(Cc1cccc(OC)c1)C(=O)CN(c1ccc(C)cc1C)S(C)(=O)=O. The molecule has 2 amide bonds. The minimum atomic E-state index is -3.78. The van der Waals surface area contributed by atoms with Gasteiger partial charge in [-0.15, -0.1) is 0 Å². The standard InChI is InChI=1S/C27H39N3O5S/c1-8-21(5)28-27(32)24(9-2)29(17-22-11-10-12-23(16-22)35-6)26(31)18-30(36(7,33)34)25-14-13-19(3)15-20(25)4/h10-16,21,24H,8-9,17-18H2,1-7H3,(H,28,32)/t21-,24+/m1/s1. The van der Waals surface area contributed by atoms with Crippen LogP contribution < -0.4 is 14.4 Å². The van der Waals surface area contributed by atoms with Gasteiger partial charge in [0.2, 0.25) is 21.8 Å². The molecule has 0 saturated heterocycles. The van der Waals surface area contributed by atoms with Crippen molar-refractivity contribution in [2.75, 3.05) is 24.2 Å². The number of anilines is 1. The summed E-state index contributed by atoms with van der Waals surface area (Å²) in [5, 5.41) is 2.97. The lowest BCUT2D eigenvalue weighted by molar-refractivity contribution is -0.140.